The van der Waals surface area contributed by atoms with Crippen molar-refractivity contribution in [1.82, 2.24) is 10.1 Å². The van der Waals surface area contributed by atoms with Crippen LogP contribution >= 0.6 is 11.6 Å². The van der Waals surface area contributed by atoms with Crippen LogP contribution in [0.25, 0.3) is 0 Å². The summed E-state index contributed by atoms with van der Waals surface area (Å²) in [6, 6.07) is 5.33. The largest absolute Gasteiger partial charge is 0.495 e. The number of ether oxygens (including phenoxy) is 1. The van der Waals surface area contributed by atoms with Gasteiger partial charge in [0.2, 0.25) is 11.8 Å². The van der Waals surface area contributed by atoms with Crippen molar-refractivity contribution < 1.29 is 14.1 Å². The van der Waals surface area contributed by atoms with Crippen LogP contribution in [0.4, 0.5) is 5.69 Å². The Balaban J connectivity index is 1.54. The number of halogens is 1. The molecule has 6 nitrogen and oxygen atoms in total. The van der Waals surface area contributed by atoms with Gasteiger partial charge >= 0.3 is 0 Å². The van der Waals surface area contributed by atoms with Crippen LogP contribution in [0.3, 0.4) is 0 Å². The van der Waals surface area contributed by atoms with E-state index in [1.54, 1.807) is 24.1 Å². The molecule has 1 amide bonds. The highest BCUT2D eigenvalue weighted by molar-refractivity contribution is 6.32. The van der Waals surface area contributed by atoms with Crippen LogP contribution < -0.4 is 9.64 Å². The van der Waals surface area contributed by atoms with E-state index in [9.17, 15) is 4.79 Å². The summed E-state index contributed by atoms with van der Waals surface area (Å²) < 4.78 is 10.5. The zero-order chi connectivity index (χ0) is 16.0. The van der Waals surface area contributed by atoms with Gasteiger partial charge in [0, 0.05) is 24.6 Å². The van der Waals surface area contributed by atoms with Crippen molar-refractivity contribution in [3.8, 4) is 5.75 Å². The van der Waals surface area contributed by atoms with Crippen molar-refractivity contribution in [2.45, 2.75) is 31.1 Å². The van der Waals surface area contributed by atoms with E-state index in [0.717, 1.165) is 24.4 Å². The Hall–Kier alpha value is -2.08. The van der Waals surface area contributed by atoms with Crippen molar-refractivity contribution >= 4 is 23.2 Å². The predicted molar refractivity (Wildman–Crippen MR) is 84.0 cm³/mol. The molecule has 0 spiro atoms. The minimum atomic E-state index is -0.0663. The maximum atomic E-state index is 12.3. The number of amides is 1. The highest BCUT2D eigenvalue weighted by Crippen LogP contribution is 2.40. The first-order valence-electron chi connectivity index (χ1n) is 7.63. The van der Waals surface area contributed by atoms with Gasteiger partial charge in [0.05, 0.1) is 18.1 Å². The first-order valence-corrected chi connectivity index (χ1v) is 8.01. The van der Waals surface area contributed by atoms with E-state index >= 15 is 0 Å². The maximum Gasteiger partial charge on any atom is 0.232 e. The molecule has 2 fully saturated rings. The molecule has 1 aromatic carbocycles. The normalized spacial score (nSPS) is 21.0. The smallest absolute Gasteiger partial charge is 0.232 e. The number of hydrogen-bond donors (Lipinski definition) is 0. The molecule has 1 aromatic heterocycles. The topological polar surface area (TPSA) is 68.5 Å². The minimum Gasteiger partial charge on any atom is -0.495 e. The molecule has 1 unspecified atom stereocenters. The molecule has 0 radical (unpaired) electrons. The average molecular weight is 334 g/mol. The average Bonchev–Trinajstić information content (AvgIpc) is 3.14. The van der Waals surface area contributed by atoms with E-state index in [4.69, 9.17) is 20.9 Å². The molecule has 23 heavy (non-hydrogen) atoms. The molecule has 1 aliphatic carbocycles. The summed E-state index contributed by atoms with van der Waals surface area (Å²) in [5.41, 5.74) is 0.755. The minimum absolute atomic E-state index is 0.0300. The molecule has 1 saturated carbocycles. The number of hydrogen-bond acceptors (Lipinski definition) is 5. The predicted octanol–water partition coefficient (Wildman–Crippen LogP) is 3.13. The molecule has 1 atom stereocenters. The summed E-state index contributed by atoms with van der Waals surface area (Å²) >= 11 is 6.15. The molecule has 2 aliphatic rings. The third-order valence-corrected chi connectivity index (χ3v) is 4.62. The van der Waals surface area contributed by atoms with Crippen molar-refractivity contribution in [2.75, 3.05) is 18.6 Å². The van der Waals surface area contributed by atoms with Gasteiger partial charge in [-0.05, 0) is 31.0 Å². The highest BCUT2D eigenvalue weighted by atomic mass is 35.5. The third-order valence-electron chi connectivity index (χ3n) is 4.32. The Morgan fingerprint density at radius 3 is 2.87 bits per heavy atom. The first-order chi connectivity index (χ1) is 11.2. The number of methoxy groups -OCH3 is 1. The van der Waals surface area contributed by atoms with E-state index in [0.29, 0.717) is 35.5 Å². The lowest BCUT2D eigenvalue weighted by atomic mass is 10.1. The lowest BCUT2D eigenvalue weighted by Crippen LogP contribution is -2.24. The Bertz CT molecular complexity index is 757. The summed E-state index contributed by atoms with van der Waals surface area (Å²) in [4.78, 5) is 18.5. The zero-order valence-corrected chi connectivity index (χ0v) is 13.4. The van der Waals surface area contributed by atoms with Gasteiger partial charge in [0.1, 0.15) is 5.75 Å². The monoisotopic (exact) mass is 333 g/mol. The van der Waals surface area contributed by atoms with Gasteiger partial charge < -0.3 is 14.2 Å². The van der Waals surface area contributed by atoms with E-state index in [2.05, 4.69) is 10.1 Å². The van der Waals surface area contributed by atoms with E-state index in [1.165, 1.54) is 0 Å². The van der Waals surface area contributed by atoms with Gasteiger partial charge in [-0.2, -0.15) is 4.98 Å². The van der Waals surface area contributed by atoms with Crippen molar-refractivity contribution in [3.05, 3.63) is 34.9 Å². The lowest BCUT2D eigenvalue weighted by Gasteiger charge is -2.17. The van der Waals surface area contributed by atoms with E-state index < -0.39 is 0 Å². The van der Waals surface area contributed by atoms with Gasteiger partial charge in [0.25, 0.3) is 0 Å². The van der Waals surface area contributed by atoms with Gasteiger partial charge in [0.15, 0.2) is 5.82 Å². The number of anilines is 1. The Morgan fingerprint density at radius 1 is 1.35 bits per heavy atom. The van der Waals surface area contributed by atoms with Crippen LogP contribution in [0, 0.1) is 0 Å². The molecule has 0 N–H and O–H groups in total. The zero-order valence-electron chi connectivity index (χ0n) is 12.7. The summed E-state index contributed by atoms with van der Waals surface area (Å²) in [6.07, 6.45) is 2.62. The number of carbonyl (C=O) groups is 1. The van der Waals surface area contributed by atoms with Crippen LogP contribution in [0.15, 0.2) is 22.7 Å². The number of aromatic nitrogens is 2. The van der Waals surface area contributed by atoms with Crippen molar-refractivity contribution in [2.24, 2.45) is 0 Å². The van der Waals surface area contributed by atoms with E-state index in [1.807, 2.05) is 6.07 Å². The van der Waals surface area contributed by atoms with Gasteiger partial charge in [-0.15, -0.1) is 0 Å². The Morgan fingerprint density at radius 2 is 2.17 bits per heavy atom. The SMILES string of the molecule is COc1ccc(N2CC(c3nc(C4CC4)no3)CC2=O)cc1Cl. The van der Waals surface area contributed by atoms with Gasteiger partial charge in [-0.3, -0.25) is 4.79 Å². The first kappa shape index (κ1) is 14.5. The lowest BCUT2D eigenvalue weighted by molar-refractivity contribution is -0.117. The summed E-state index contributed by atoms with van der Waals surface area (Å²) in [7, 11) is 1.56. The molecule has 7 heteroatoms. The number of rotatable bonds is 4. The molecule has 120 valence electrons. The van der Waals surface area contributed by atoms with E-state index in [-0.39, 0.29) is 11.8 Å². The molecular formula is C16H16ClN3O3. The number of carbonyl (C=O) groups excluding carboxylic acids is 1. The Kier molecular flexibility index (Phi) is 3.49. The fourth-order valence-electron chi connectivity index (χ4n) is 2.87. The van der Waals surface area contributed by atoms with Crippen LogP contribution in [0.1, 0.15) is 42.8 Å². The van der Waals surface area contributed by atoms with Gasteiger partial charge in [-0.25, -0.2) is 0 Å². The molecule has 2 heterocycles. The fourth-order valence-corrected chi connectivity index (χ4v) is 3.12. The van der Waals surface area contributed by atoms with Crippen molar-refractivity contribution in [1.29, 1.82) is 0 Å². The number of benzene rings is 1. The molecule has 1 aliphatic heterocycles. The Labute approximate surface area is 138 Å². The molecule has 1 saturated heterocycles. The maximum absolute atomic E-state index is 12.3. The second-order valence-electron chi connectivity index (χ2n) is 5.99. The van der Waals surface area contributed by atoms with Gasteiger partial charge in [-0.1, -0.05) is 16.8 Å². The molecule has 0 bridgehead atoms. The fraction of sp³-hybridized carbons (Fsp3) is 0.438. The second-order valence-corrected chi connectivity index (χ2v) is 6.40. The van der Waals surface area contributed by atoms with Crippen LogP contribution in [0.5, 0.6) is 5.75 Å². The summed E-state index contributed by atoms with van der Waals surface area (Å²) in [5, 5.41) is 4.51. The van der Waals surface area contributed by atoms with Crippen LogP contribution in [-0.4, -0.2) is 29.7 Å². The third kappa shape index (κ3) is 2.67. The highest BCUT2D eigenvalue weighted by Gasteiger charge is 2.37. The summed E-state index contributed by atoms with van der Waals surface area (Å²) in [5.74, 6) is 2.33. The molecule has 4 rings (SSSR count). The molecule has 2 aromatic rings. The number of nitrogens with zero attached hydrogens (tertiary/aromatic N) is 3. The van der Waals surface area contributed by atoms with Crippen LogP contribution in [0.2, 0.25) is 5.02 Å². The van der Waals surface area contributed by atoms with Crippen LogP contribution in [-0.2, 0) is 4.79 Å². The second kappa shape index (κ2) is 5.53. The standard InChI is InChI=1S/C16H16ClN3O3/c1-22-13-5-4-11(7-12(13)17)20-8-10(6-14(20)21)16-18-15(19-23-16)9-2-3-9/h4-5,7,9-10H,2-3,6,8H2,1H3. The van der Waals surface area contributed by atoms with Crippen molar-refractivity contribution in [3.63, 3.8) is 0 Å². The quantitative estimate of drug-likeness (QED) is 0.859. The molecular weight excluding hydrogens is 318 g/mol. The summed E-state index contributed by atoms with van der Waals surface area (Å²) in [6.45, 7) is 0.522.